The van der Waals surface area contributed by atoms with Crippen molar-refractivity contribution in [1.82, 2.24) is 4.98 Å². The summed E-state index contributed by atoms with van der Waals surface area (Å²) < 4.78 is 19.3. The van der Waals surface area contributed by atoms with Gasteiger partial charge in [-0.05, 0) is 112 Å². The minimum atomic E-state index is 0.572. The van der Waals surface area contributed by atoms with Gasteiger partial charge >= 0.3 is 0 Å². The van der Waals surface area contributed by atoms with Gasteiger partial charge in [-0.2, -0.15) is 0 Å². The predicted molar refractivity (Wildman–Crippen MR) is 229 cm³/mol. The molecule has 0 aliphatic carbocycles. The molecular weight excluding hydrogens is 689 g/mol. The van der Waals surface area contributed by atoms with E-state index in [0.29, 0.717) is 5.89 Å². The largest absolute Gasteiger partial charge is 0.456 e. The first-order valence-corrected chi connectivity index (χ1v) is 18.8. The smallest absolute Gasteiger partial charge is 0.228 e. The van der Waals surface area contributed by atoms with Crippen LogP contribution in [0.4, 0.5) is 17.1 Å². The van der Waals surface area contributed by atoms with Crippen LogP contribution in [0.2, 0.25) is 0 Å². The molecule has 0 atom stereocenters. The fourth-order valence-electron chi connectivity index (χ4n) is 8.41. The molecule has 0 N–H and O–H groups in total. The van der Waals surface area contributed by atoms with E-state index in [1.807, 2.05) is 60.7 Å². The summed E-state index contributed by atoms with van der Waals surface area (Å²) in [5, 5.41) is 8.87. The van der Waals surface area contributed by atoms with Crippen molar-refractivity contribution in [2.45, 2.75) is 0 Å². The van der Waals surface area contributed by atoms with Crippen molar-refractivity contribution in [3.05, 3.63) is 182 Å². The fourth-order valence-corrected chi connectivity index (χ4v) is 8.41. The van der Waals surface area contributed by atoms with Gasteiger partial charge in [-0.15, -0.1) is 0 Å². The summed E-state index contributed by atoms with van der Waals surface area (Å²) in [6.45, 7) is 0. The third kappa shape index (κ3) is 4.78. The Hall–Kier alpha value is -7.63. The standard InChI is InChI=1S/C51H30N2O3/c1-2-10-33-27-34(21-19-31(33)9-1)35-22-20-32-23-24-37(29-36(32)28-35)53(43-14-8-18-47-50(43)39-11-3-5-15-44(39)54-47)38-25-26-40-48(30-38)55-46-17-7-12-41(49(40)46)51-52-42-13-4-6-16-45(42)56-51/h1-30H. The zero-order chi connectivity index (χ0) is 36.7. The van der Waals surface area contributed by atoms with Crippen LogP contribution in [-0.4, -0.2) is 4.98 Å². The van der Waals surface area contributed by atoms with Gasteiger partial charge in [-0.3, -0.25) is 0 Å². The number of benzene rings is 9. The maximum Gasteiger partial charge on any atom is 0.228 e. The first kappa shape index (κ1) is 30.8. The third-order valence-electron chi connectivity index (χ3n) is 11.0. The first-order chi connectivity index (χ1) is 27.7. The SMILES string of the molecule is c1ccc2cc(-c3ccc4ccc(N(c5ccc6c(c5)oc5cccc(-c7nc8ccccc8o7)c56)c5cccc6oc7ccccc7c56)cc4c3)ccc2c1. The van der Waals surface area contributed by atoms with Gasteiger partial charge < -0.3 is 18.2 Å². The number of hydrogen-bond donors (Lipinski definition) is 0. The van der Waals surface area contributed by atoms with Gasteiger partial charge in [0.1, 0.15) is 27.8 Å². The molecule has 12 aromatic rings. The summed E-state index contributed by atoms with van der Waals surface area (Å²) in [5.74, 6) is 0.572. The molecule has 0 amide bonds. The lowest BCUT2D eigenvalue weighted by Crippen LogP contribution is -2.10. The summed E-state index contributed by atoms with van der Waals surface area (Å²) in [5.41, 5.74) is 11.1. The second-order valence-corrected chi connectivity index (χ2v) is 14.3. The highest BCUT2D eigenvalue weighted by Gasteiger charge is 2.22. The number of oxazole rings is 1. The molecule has 3 aromatic heterocycles. The average molecular weight is 719 g/mol. The van der Waals surface area contributed by atoms with E-state index >= 15 is 0 Å². The minimum absolute atomic E-state index is 0.572. The Morgan fingerprint density at radius 3 is 1.88 bits per heavy atom. The van der Waals surface area contributed by atoms with Gasteiger partial charge in [-0.25, -0.2) is 4.98 Å². The third-order valence-corrected chi connectivity index (χ3v) is 11.0. The van der Waals surface area contributed by atoms with Gasteiger partial charge in [0.25, 0.3) is 0 Å². The zero-order valence-corrected chi connectivity index (χ0v) is 29.9. The van der Waals surface area contributed by atoms with Crippen molar-refractivity contribution in [3.63, 3.8) is 0 Å². The highest BCUT2D eigenvalue weighted by molar-refractivity contribution is 6.15. The maximum atomic E-state index is 6.64. The van der Waals surface area contributed by atoms with Gasteiger partial charge in [0.05, 0.1) is 11.1 Å². The van der Waals surface area contributed by atoms with E-state index in [1.54, 1.807) is 0 Å². The predicted octanol–water partition coefficient (Wildman–Crippen LogP) is 14.7. The Labute approximate surface area is 320 Å². The quantitative estimate of drug-likeness (QED) is 0.177. The van der Waals surface area contributed by atoms with E-state index in [9.17, 15) is 0 Å². The van der Waals surface area contributed by atoms with Gasteiger partial charge in [0.15, 0.2) is 5.58 Å². The number of anilines is 3. The Bertz CT molecular complexity index is 3480. The summed E-state index contributed by atoms with van der Waals surface area (Å²) in [4.78, 5) is 7.15. The molecule has 0 saturated heterocycles. The lowest BCUT2D eigenvalue weighted by Gasteiger charge is -2.26. The Balaban J connectivity index is 1.06. The Morgan fingerprint density at radius 1 is 0.375 bits per heavy atom. The van der Waals surface area contributed by atoms with Crippen LogP contribution >= 0.6 is 0 Å². The Morgan fingerprint density at radius 2 is 1.00 bits per heavy atom. The molecule has 0 saturated carbocycles. The topological polar surface area (TPSA) is 55.6 Å². The number of hydrogen-bond acceptors (Lipinski definition) is 5. The molecule has 12 rings (SSSR count). The van der Waals surface area contributed by atoms with Crippen molar-refractivity contribution in [1.29, 1.82) is 0 Å². The average Bonchev–Trinajstić information content (AvgIpc) is 3.97. The molecular formula is C51H30N2O3. The monoisotopic (exact) mass is 718 g/mol. The molecule has 262 valence electrons. The molecule has 0 radical (unpaired) electrons. The van der Waals surface area contributed by atoms with Gasteiger partial charge in [-0.1, -0.05) is 97.1 Å². The molecule has 56 heavy (non-hydrogen) atoms. The molecule has 0 bridgehead atoms. The van der Waals surface area contributed by atoms with Crippen LogP contribution in [0.15, 0.2) is 195 Å². The van der Waals surface area contributed by atoms with Crippen LogP contribution in [0.25, 0.3) is 99.1 Å². The maximum absolute atomic E-state index is 6.64. The summed E-state index contributed by atoms with van der Waals surface area (Å²) in [6.07, 6.45) is 0. The number of furan rings is 2. The van der Waals surface area contributed by atoms with Crippen molar-refractivity contribution in [3.8, 4) is 22.6 Å². The van der Waals surface area contributed by atoms with E-state index in [1.165, 1.54) is 27.3 Å². The summed E-state index contributed by atoms with van der Waals surface area (Å²) in [6, 6.07) is 63.5. The molecule has 0 fully saturated rings. The lowest BCUT2D eigenvalue weighted by molar-refractivity contribution is 0.620. The van der Waals surface area contributed by atoms with Crippen LogP contribution < -0.4 is 4.90 Å². The molecule has 3 heterocycles. The fraction of sp³-hybridized carbons (Fsp3) is 0. The van der Waals surface area contributed by atoms with Crippen molar-refractivity contribution in [2.24, 2.45) is 0 Å². The van der Waals surface area contributed by atoms with Crippen molar-refractivity contribution in [2.75, 3.05) is 4.90 Å². The van der Waals surface area contributed by atoms with E-state index in [4.69, 9.17) is 18.2 Å². The first-order valence-electron chi connectivity index (χ1n) is 18.8. The van der Waals surface area contributed by atoms with Crippen LogP contribution in [0.3, 0.4) is 0 Å². The number of fused-ring (bicyclic) bond motifs is 9. The highest BCUT2D eigenvalue weighted by atomic mass is 16.4. The van der Waals surface area contributed by atoms with Crippen LogP contribution in [0.1, 0.15) is 0 Å². The van der Waals surface area contributed by atoms with Crippen molar-refractivity contribution < 1.29 is 13.3 Å². The molecule has 0 spiro atoms. The summed E-state index contributed by atoms with van der Waals surface area (Å²) in [7, 11) is 0. The molecule has 0 aliphatic rings. The zero-order valence-electron chi connectivity index (χ0n) is 29.9. The Kier molecular flexibility index (Phi) is 6.56. The number of aromatic nitrogens is 1. The van der Waals surface area contributed by atoms with Crippen LogP contribution in [0.5, 0.6) is 0 Å². The highest BCUT2D eigenvalue weighted by Crippen LogP contribution is 2.46. The minimum Gasteiger partial charge on any atom is -0.456 e. The van der Waals surface area contributed by atoms with E-state index in [-0.39, 0.29) is 0 Å². The van der Waals surface area contributed by atoms with E-state index < -0.39 is 0 Å². The van der Waals surface area contributed by atoms with Crippen LogP contribution in [-0.2, 0) is 0 Å². The number of rotatable bonds is 5. The second kappa shape index (κ2) is 11.9. The lowest BCUT2D eigenvalue weighted by atomic mass is 9.98. The molecule has 5 nitrogen and oxygen atoms in total. The van der Waals surface area contributed by atoms with Crippen molar-refractivity contribution >= 4 is 93.6 Å². The molecule has 0 unspecified atom stereocenters. The van der Waals surface area contributed by atoms with Gasteiger partial charge in [0.2, 0.25) is 5.89 Å². The normalized spacial score (nSPS) is 11.9. The molecule has 0 aliphatic heterocycles. The van der Waals surface area contributed by atoms with Crippen LogP contribution in [0, 0.1) is 0 Å². The molecule has 9 aromatic carbocycles. The van der Waals surface area contributed by atoms with E-state index in [2.05, 4.69) is 126 Å². The van der Waals surface area contributed by atoms with Gasteiger partial charge in [0, 0.05) is 39.2 Å². The summed E-state index contributed by atoms with van der Waals surface area (Å²) >= 11 is 0. The number of para-hydroxylation sites is 3. The number of nitrogens with zero attached hydrogens (tertiary/aromatic N) is 2. The molecule has 5 heteroatoms. The second-order valence-electron chi connectivity index (χ2n) is 14.3. The van der Waals surface area contributed by atoms with E-state index in [0.717, 1.165) is 83.0 Å².